The van der Waals surface area contributed by atoms with E-state index >= 15 is 0 Å². The fraction of sp³-hybridized carbons (Fsp3) is 0.778. The van der Waals surface area contributed by atoms with E-state index in [9.17, 15) is 14.7 Å². The predicted octanol–water partition coefficient (Wildman–Crippen LogP) is 8.96. The van der Waals surface area contributed by atoms with E-state index in [2.05, 4.69) is 57.2 Å². The first-order chi connectivity index (χ1) is 20.4. The summed E-state index contributed by atoms with van der Waals surface area (Å²) in [4.78, 5) is 23.8. The van der Waals surface area contributed by atoms with Crippen LogP contribution in [0.15, 0.2) is 36.5 Å². The molecule has 0 aromatic heterocycles. The van der Waals surface area contributed by atoms with Crippen LogP contribution in [0, 0.1) is 5.92 Å². The van der Waals surface area contributed by atoms with E-state index in [4.69, 9.17) is 14.2 Å². The fourth-order valence-corrected chi connectivity index (χ4v) is 4.71. The number of ether oxygens (including phenoxy) is 3. The number of esters is 2. The van der Waals surface area contributed by atoms with Crippen LogP contribution in [0.1, 0.15) is 143 Å². The molecular formula is C36H62O6. The fourth-order valence-electron chi connectivity index (χ4n) is 4.71. The third-order valence-corrected chi connectivity index (χ3v) is 7.46. The minimum absolute atomic E-state index is 0.137. The monoisotopic (exact) mass is 590 g/mol. The van der Waals surface area contributed by atoms with Gasteiger partial charge in [-0.05, 0) is 57.3 Å². The molecule has 2 unspecified atom stereocenters. The Morgan fingerprint density at radius 1 is 0.690 bits per heavy atom. The molecule has 0 radical (unpaired) electrons. The summed E-state index contributed by atoms with van der Waals surface area (Å²) in [6, 6.07) is 0. The quantitative estimate of drug-likeness (QED) is 0.0424. The van der Waals surface area contributed by atoms with Crippen LogP contribution in [-0.2, 0) is 23.8 Å². The van der Waals surface area contributed by atoms with E-state index in [1.165, 1.54) is 57.8 Å². The molecule has 242 valence electrons. The second kappa shape index (κ2) is 26.7. The number of unbranched alkanes of at least 4 members (excludes halogenated alkanes) is 10. The highest BCUT2D eigenvalue weighted by molar-refractivity contribution is 5.69. The third kappa shape index (κ3) is 24.7. The van der Waals surface area contributed by atoms with E-state index in [1.54, 1.807) is 0 Å². The van der Waals surface area contributed by atoms with E-state index in [-0.39, 0.29) is 25.2 Å². The Hall–Kier alpha value is -1.92. The van der Waals surface area contributed by atoms with Crippen molar-refractivity contribution in [3.8, 4) is 0 Å². The number of aliphatic hydroxyl groups is 1. The van der Waals surface area contributed by atoms with Crippen LogP contribution in [-0.4, -0.2) is 48.6 Å². The molecule has 0 spiro atoms. The van der Waals surface area contributed by atoms with Gasteiger partial charge in [0.15, 0.2) is 0 Å². The van der Waals surface area contributed by atoms with Gasteiger partial charge in [-0.2, -0.15) is 0 Å². The van der Waals surface area contributed by atoms with Crippen LogP contribution in [0.2, 0.25) is 0 Å². The maximum atomic E-state index is 11.9. The highest BCUT2D eigenvalue weighted by Gasteiger charge is 2.35. The van der Waals surface area contributed by atoms with Gasteiger partial charge in [-0.15, -0.1) is 0 Å². The number of allylic oxidation sites excluding steroid dienone is 4. The van der Waals surface area contributed by atoms with Crippen molar-refractivity contribution in [1.29, 1.82) is 0 Å². The number of carbonyl (C=O) groups excluding carboxylic acids is 2. The molecule has 0 amide bonds. The average molecular weight is 591 g/mol. The molecule has 0 aromatic rings. The molecular weight excluding hydrogens is 528 g/mol. The summed E-state index contributed by atoms with van der Waals surface area (Å²) in [5.41, 5.74) is 0. The second-order valence-corrected chi connectivity index (χ2v) is 12.1. The molecule has 1 N–H and O–H groups in total. The molecule has 0 aliphatic carbocycles. The molecule has 1 fully saturated rings. The van der Waals surface area contributed by atoms with Crippen LogP contribution in [0.25, 0.3) is 0 Å². The van der Waals surface area contributed by atoms with Crippen molar-refractivity contribution in [2.75, 3.05) is 13.2 Å². The van der Waals surface area contributed by atoms with Gasteiger partial charge in [0.25, 0.3) is 0 Å². The van der Waals surface area contributed by atoms with Gasteiger partial charge in [-0.1, -0.05) is 115 Å². The summed E-state index contributed by atoms with van der Waals surface area (Å²) in [5.74, 6) is 0.148. The maximum absolute atomic E-state index is 11.9. The Morgan fingerprint density at radius 2 is 1.21 bits per heavy atom. The van der Waals surface area contributed by atoms with Gasteiger partial charge >= 0.3 is 11.9 Å². The second-order valence-electron chi connectivity index (χ2n) is 12.1. The first-order valence-electron chi connectivity index (χ1n) is 17.0. The number of hydrogen-bond acceptors (Lipinski definition) is 6. The van der Waals surface area contributed by atoms with E-state index in [0.717, 1.165) is 50.9 Å². The largest absolute Gasteiger partial charge is 0.463 e. The molecule has 3 atom stereocenters. The van der Waals surface area contributed by atoms with Gasteiger partial charge < -0.3 is 19.3 Å². The summed E-state index contributed by atoms with van der Waals surface area (Å²) in [6.45, 7) is 6.48. The number of epoxide rings is 1. The van der Waals surface area contributed by atoms with Gasteiger partial charge in [0.05, 0.1) is 12.2 Å². The lowest BCUT2D eigenvalue weighted by atomic mass is 10.0. The zero-order valence-electron chi connectivity index (χ0n) is 27.1. The standard InChI is InChI=1S/C36H62O6/c1-4-5-6-7-15-20-25-33-34(42-33)26-21-16-11-9-13-18-23-28-36(39)41-30-32(37)29-40-35(38)27-22-17-12-8-10-14-19-24-31(2)3/h9,13,15-16,20-21,31-34,37H,4-8,10-12,14,17-19,22-30H2,1-3H3/b13-9-,20-15-,21-16-/t32-,33?,34?/m0/s1. The van der Waals surface area contributed by atoms with Crippen molar-refractivity contribution < 1.29 is 28.9 Å². The Morgan fingerprint density at radius 3 is 1.86 bits per heavy atom. The zero-order chi connectivity index (χ0) is 30.7. The predicted molar refractivity (Wildman–Crippen MR) is 172 cm³/mol. The summed E-state index contributed by atoms with van der Waals surface area (Å²) >= 11 is 0. The number of aliphatic hydroxyl groups excluding tert-OH is 1. The number of carbonyl (C=O) groups is 2. The first kappa shape index (κ1) is 38.1. The van der Waals surface area contributed by atoms with E-state index < -0.39 is 6.10 Å². The van der Waals surface area contributed by atoms with Crippen molar-refractivity contribution >= 4 is 11.9 Å². The van der Waals surface area contributed by atoms with Gasteiger partial charge in [-0.3, -0.25) is 9.59 Å². The summed E-state index contributed by atoms with van der Waals surface area (Å²) < 4.78 is 16.0. The average Bonchev–Trinajstić information content (AvgIpc) is 3.72. The lowest BCUT2D eigenvalue weighted by Gasteiger charge is -2.12. The maximum Gasteiger partial charge on any atom is 0.305 e. The summed E-state index contributed by atoms with van der Waals surface area (Å²) in [5, 5.41) is 9.95. The lowest BCUT2D eigenvalue weighted by molar-refractivity contribution is -0.152. The molecule has 1 heterocycles. The van der Waals surface area contributed by atoms with Crippen molar-refractivity contribution in [2.24, 2.45) is 5.92 Å². The molecule has 1 saturated heterocycles. The molecule has 0 bridgehead atoms. The molecule has 1 aliphatic rings. The molecule has 0 aromatic carbocycles. The molecule has 0 saturated carbocycles. The number of rotatable bonds is 28. The Labute approximate surface area is 257 Å². The van der Waals surface area contributed by atoms with Gasteiger partial charge in [0, 0.05) is 12.8 Å². The zero-order valence-corrected chi connectivity index (χ0v) is 27.1. The topological polar surface area (TPSA) is 85.4 Å². The Balaban J connectivity index is 1.90. The van der Waals surface area contributed by atoms with Crippen LogP contribution < -0.4 is 0 Å². The number of hydrogen-bond donors (Lipinski definition) is 1. The first-order valence-corrected chi connectivity index (χ1v) is 17.0. The van der Waals surface area contributed by atoms with Crippen molar-refractivity contribution in [3.05, 3.63) is 36.5 Å². The summed E-state index contributed by atoms with van der Waals surface area (Å²) in [7, 11) is 0. The van der Waals surface area contributed by atoms with Crippen LogP contribution in [0.5, 0.6) is 0 Å². The lowest BCUT2D eigenvalue weighted by Crippen LogP contribution is -2.25. The van der Waals surface area contributed by atoms with E-state index in [0.29, 0.717) is 31.5 Å². The molecule has 1 aliphatic heterocycles. The Bertz CT molecular complexity index is 756. The van der Waals surface area contributed by atoms with Gasteiger partial charge in [0.2, 0.25) is 0 Å². The van der Waals surface area contributed by atoms with Crippen molar-refractivity contribution in [1.82, 2.24) is 0 Å². The molecule has 6 nitrogen and oxygen atoms in total. The highest BCUT2D eigenvalue weighted by atomic mass is 16.6. The Kier molecular flexibility index (Phi) is 24.2. The van der Waals surface area contributed by atoms with Crippen LogP contribution >= 0.6 is 0 Å². The molecule has 42 heavy (non-hydrogen) atoms. The van der Waals surface area contributed by atoms with E-state index in [1.807, 2.05) is 0 Å². The highest BCUT2D eigenvalue weighted by Crippen LogP contribution is 2.29. The smallest absolute Gasteiger partial charge is 0.305 e. The molecule has 6 heteroatoms. The van der Waals surface area contributed by atoms with Crippen molar-refractivity contribution in [3.63, 3.8) is 0 Å². The van der Waals surface area contributed by atoms with Crippen LogP contribution in [0.4, 0.5) is 0 Å². The summed E-state index contributed by atoms with van der Waals surface area (Å²) in [6.07, 6.45) is 32.4. The minimum Gasteiger partial charge on any atom is -0.463 e. The van der Waals surface area contributed by atoms with Crippen molar-refractivity contribution in [2.45, 2.75) is 161 Å². The normalized spacial score (nSPS) is 17.5. The van der Waals surface area contributed by atoms with Gasteiger partial charge in [-0.25, -0.2) is 0 Å². The third-order valence-electron chi connectivity index (χ3n) is 7.46. The molecule has 1 rings (SSSR count). The van der Waals surface area contributed by atoms with Crippen LogP contribution in [0.3, 0.4) is 0 Å². The van der Waals surface area contributed by atoms with Gasteiger partial charge in [0.1, 0.15) is 19.3 Å². The minimum atomic E-state index is -0.987. The SMILES string of the molecule is CCCCC/C=C\CC1OC1C/C=C\C/C=C\CCCC(=O)OC[C@@H](O)COC(=O)CCCCCCCCCC(C)C.